The molecular formula is C14H17Cl2P. The van der Waals surface area contributed by atoms with Gasteiger partial charge in [0.1, 0.15) is 4.07 Å². The van der Waals surface area contributed by atoms with Crippen LogP contribution in [0.25, 0.3) is 0 Å². The average molecular weight is 287 g/mol. The third kappa shape index (κ3) is 6.88. The van der Waals surface area contributed by atoms with Crippen molar-refractivity contribution in [1.82, 2.24) is 0 Å². The zero-order chi connectivity index (χ0) is 12.6. The highest BCUT2D eigenvalue weighted by Crippen LogP contribution is 2.43. The van der Waals surface area contributed by atoms with Crippen molar-refractivity contribution in [3.63, 3.8) is 0 Å². The number of alkyl halides is 2. The van der Waals surface area contributed by atoms with E-state index in [9.17, 15) is 0 Å². The van der Waals surface area contributed by atoms with Crippen LogP contribution in [0.4, 0.5) is 0 Å². The molecular weight excluding hydrogens is 270 g/mol. The van der Waals surface area contributed by atoms with Gasteiger partial charge in [-0.1, -0.05) is 86.9 Å². The molecule has 0 saturated heterocycles. The Kier molecular flexibility index (Phi) is 6.89. The van der Waals surface area contributed by atoms with Crippen LogP contribution >= 0.6 is 31.8 Å². The molecule has 0 aliphatic carbocycles. The maximum atomic E-state index is 6.32. The van der Waals surface area contributed by atoms with E-state index in [0.29, 0.717) is 8.58 Å². The second-order valence-electron chi connectivity index (χ2n) is 3.75. The molecule has 0 radical (unpaired) electrons. The zero-order valence-corrected chi connectivity index (χ0v) is 12.2. The van der Waals surface area contributed by atoms with Crippen LogP contribution in [0.15, 0.2) is 55.1 Å². The maximum absolute atomic E-state index is 6.32. The fraction of sp³-hybridized carbons (Fsp3) is 0.286. The topological polar surface area (TPSA) is 0 Å². The lowest BCUT2D eigenvalue weighted by molar-refractivity contribution is 0.771. The lowest BCUT2D eigenvalue weighted by atomic mass is 10.2. The Bertz CT molecular complexity index is 358. The van der Waals surface area contributed by atoms with Gasteiger partial charge in [0.15, 0.2) is 0 Å². The SMILES string of the molecule is C=C/C=C/CCCC(Cl)(Cl)Pc1ccccc1. The molecule has 17 heavy (non-hydrogen) atoms. The number of rotatable bonds is 7. The Morgan fingerprint density at radius 2 is 1.94 bits per heavy atom. The van der Waals surface area contributed by atoms with E-state index in [0.717, 1.165) is 19.3 Å². The first-order chi connectivity index (χ1) is 8.14. The Morgan fingerprint density at radius 1 is 1.24 bits per heavy atom. The van der Waals surface area contributed by atoms with Crippen LogP contribution < -0.4 is 5.30 Å². The lowest BCUT2D eigenvalue weighted by Crippen LogP contribution is -2.10. The van der Waals surface area contributed by atoms with Crippen molar-refractivity contribution in [3.8, 4) is 0 Å². The van der Waals surface area contributed by atoms with Crippen LogP contribution in [0, 0.1) is 0 Å². The quantitative estimate of drug-likeness (QED) is 0.285. The van der Waals surface area contributed by atoms with E-state index in [1.165, 1.54) is 5.30 Å². The molecule has 1 atom stereocenters. The Balaban J connectivity index is 2.35. The van der Waals surface area contributed by atoms with Gasteiger partial charge in [0, 0.05) is 0 Å². The first-order valence-corrected chi connectivity index (χ1v) is 7.38. The summed E-state index contributed by atoms with van der Waals surface area (Å²) in [4.78, 5) is 0. The summed E-state index contributed by atoms with van der Waals surface area (Å²) in [6.45, 7) is 3.63. The molecule has 0 saturated carbocycles. The highest BCUT2D eigenvalue weighted by atomic mass is 35.5. The third-order valence-electron chi connectivity index (χ3n) is 2.23. The number of hydrogen-bond donors (Lipinski definition) is 0. The zero-order valence-electron chi connectivity index (χ0n) is 9.70. The molecule has 0 aromatic heterocycles. The van der Waals surface area contributed by atoms with Gasteiger partial charge in [0.05, 0.1) is 0 Å². The monoisotopic (exact) mass is 286 g/mol. The van der Waals surface area contributed by atoms with Gasteiger partial charge in [-0.25, -0.2) is 0 Å². The van der Waals surface area contributed by atoms with Crippen LogP contribution in [-0.4, -0.2) is 4.07 Å². The number of benzene rings is 1. The third-order valence-corrected chi connectivity index (χ3v) is 4.42. The molecule has 0 spiro atoms. The molecule has 0 heterocycles. The van der Waals surface area contributed by atoms with Crippen molar-refractivity contribution in [3.05, 3.63) is 55.1 Å². The van der Waals surface area contributed by atoms with E-state index < -0.39 is 4.07 Å². The van der Waals surface area contributed by atoms with E-state index in [4.69, 9.17) is 23.2 Å². The number of halogens is 2. The standard InChI is InChI=1S/C14H17Cl2P/c1-2-3-4-5-9-12-14(15,16)17-13-10-7-6-8-11-13/h2-4,6-8,10-11,17H,1,5,9,12H2/b4-3+. The molecule has 92 valence electrons. The van der Waals surface area contributed by atoms with Crippen molar-refractivity contribution in [2.75, 3.05) is 0 Å². The molecule has 0 aliphatic rings. The van der Waals surface area contributed by atoms with Crippen LogP contribution in [0.3, 0.4) is 0 Å². The van der Waals surface area contributed by atoms with Crippen molar-refractivity contribution in [2.24, 2.45) is 0 Å². The van der Waals surface area contributed by atoms with Gasteiger partial charge in [0.2, 0.25) is 0 Å². The molecule has 1 rings (SSSR count). The maximum Gasteiger partial charge on any atom is 0.138 e. The van der Waals surface area contributed by atoms with Crippen LogP contribution in [0.1, 0.15) is 19.3 Å². The summed E-state index contributed by atoms with van der Waals surface area (Å²) in [6.07, 6.45) is 8.61. The Morgan fingerprint density at radius 3 is 2.59 bits per heavy atom. The predicted molar refractivity (Wildman–Crippen MR) is 82.0 cm³/mol. The molecule has 0 aliphatic heterocycles. The molecule has 0 amide bonds. The predicted octanol–water partition coefficient (Wildman–Crippen LogP) is 5.03. The van der Waals surface area contributed by atoms with Gasteiger partial charge in [0.25, 0.3) is 0 Å². The minimum absolute atomic E-state index is 0.430. The summed E-state index contributed by atoms with van der Waals surface area (Å²) >= 11 is 12.6. The molecule has 1 aromatic rings. The smallest absolute Gasteiger partial charge is 0.0991 e. The van der Waals surface area contributed by atoms with E-state index in [-0.39, 0.29) is 0 Å². The van der Waals surface area contributed by atoms with Crippen LogP contribution in [0.5, 0.6) is 0 Å². The van der Waals surface area contributed by atoms with Crippen molar-refractivity contribution in [2.45, 2.75) is 23.3 Å². The molecule has 1 unspecified atom stereocenters. The molecule has 1 aromatic carbocycles. The minimum atomic E-state index is -0.636. The van der Waals surface area contributed by atoms with Gasteiger partial charge < -0.3 is 0 Å². The van der Waals surface area contributed by atoms with E-state index in [2.05, 4.69) is 24.8 Å². The first kappa shape index (κ1) is 14.8. The highest BCUT2D eigenvalue weighted by molar-refractivity contribution is 7.53. The van der Waals surface area contributed by atoms with Crippen LogP contribution in [-0.2, 0) is 0 Å². The fourth-order valence-corrected chi connectivity index (χ4v) is 3.43. The minimum Gasteiger partial charge on any atom is -0.0991 e. The van der Waals surface area contributed by atoms with Crippen molar-refractivity contribution < 1.29 is 0 Å². The molecule has 0 nitrogen and oxygen atoms in total. The van der Waals surface area contributed by atoms with Gasteiger partial charge in [-0.2, -0.15) is 0 Å². The summed E-state index contributed by atoms with van der Waals surface area (Å²) < 4.78 is -0.636. The van der Waals surface area contributed by atoms with Gasteiger partial charge >= 0.3 is 0 Å². The summed E-state index contributed by atoms with van der Waals surface area (Å²) in [6, 6.07) is 10.2. The van der Waals surface area contributed by atoms with Gasteiger partial charge in [-0.3, -0.25) is 0 Å². The van der Waals surface area contributed by atoms with E-state index >= 15 is 0 Å². The second kappa shape index (κ2) is 7.93. The Labute approximate surface area is 115 Å². The molecule has 3 heteroatoms. The molecule has 0 fully saturated rings. The average Bonchev–Trinajstić information content (AvgIpc) is 2.29. The van der Waals surface area contributed by atoms with Crippen molar-refractivity contribution >= 4 is 37.1 Å². The summed E-state index contributed by atoms with van der Waals surface area (Å²) in [5.41, 5.74) is 0. The summed E-state index contributed by atoms with van der Waals surface area (Å²) in [5, 5.41) is 1.21. The Hall–Kier alpha value is -0.290. The second-order valence-corrected chi connectivity index (χ2v) is 7.55. The number of hydrogen-bond acceptors (Lipinski definition) is 0. The normalized spacial score (nSPS) is 12.6. The van der Waals surface area contributed by atoms with E-state index in [1.54, 1.807) is 6.08 Å². The molecule has 0 N–H and O–H groups in total. The van der Waals surface area contributed by atoms with Gasteiger partial charge in [-0.15, -0.1) is 0 Å². The largest absolute Gasteiger partial charge is 0.138 e. The van der Waals surface area contributed by atoms with E-state index in [1.807, 2.05) is 24.3 Å². The summed E-state index contributed by atoms with van der Waals surface area (Å²) in [5.74, 6) is 0. The molecule has 0 bridgehead atoms. The van der Waals surface area contributed by atoms with Crippen molar-refractivity contribution in [1.29, 1.82) is 0 Å². The number of unbranched alkanes of at least 4 members (excludes halogenated alkanes) is 1. The highest BCUT2D eigenvalue weighted by Gasteiger charge is 2.23. The van der Waals surface area contributed by atoms with Gasteiger partial charge in [-0.05, 0) is 24.6 Å². The van der Waals surface area contributed by atoms with Crippen LogP contribution in [0.2, 0.25) is 0 Å². The lowest BCUT2D eigenvalue weighted by Gasteiger charge is -2.19. The summed E-state index contributed by atoms with van der Waals surface area (Å²) in [7, 11) is 0.430. The fourth-order valence-electron chi connectivity index (χ4n) is 1.43. The first-order valence-electron chi connectivity index (χ1n) is 5.63. The number of allylic oxidation sites excluding steroid dienone is 3.